The molecule has 0 saturated heterocycles. The summed E-state index contributed by atoms with van der Waals surface area (Å²) in [6, 6.07) is 41.5. The van der Waals surface area contributed by atoms with E-state index >= 15 is 0 Å². The van der Waals surface area contributed by atoms with Crippen molar-refractivity contribution in [3.8, 4) is 11.5 Å². The highest BCUT2D eigenvalue weighted by Crippen LogP contribution is 2.34. The monoisotopic (exact) mass is 667 g/mol. The molecule has 5 aromatic carbocycles. The lowest BCUT2D eigenvalue weighted by Crippen LogP contribution is -2.09. The second kappa shape index (κ2) is 18.1. The van der Waals surface area contributed by atoms with Crippen LogP contribution in [0, 0.1) is 0 Å². The highest BCUT2D eigenvalue weighted by Gasteiger charge is 2.17. The summed E-state index contributed by atoms with van der Waals surface area (Å²) < 4.78 is 23.8. The standard InChI is InChI=1S/C45H49NO4/c1-32(2)49-44(35-17-22-39(47-5)23-18-35)29-26-41-37(31-34-13-9-7-10-14-34)21-28-43(46-38-15-11-8-12-16-38)42(41)27-30-45(50-33(3)4)36-19-24-40(48-6)25-20-36/h7-30,32-33,44-46H,31H2,1-6H3/b29-26+,30-27+. The topological polar surface area (TPSA) is 49.0 Å². The van der Waals surface area contributed by atoms with Crippen molar-refractivity contribution in [2.75, 3.05) is 19.5 Å². The van der Waals surface area contributed by atoms with Crippen LogP contribution in [0.4, 0.5) is 11.4 Å². The minimum atomic E-state index is -0.267. The van der Waals surface area contributed by atoms with Crippen molar-refractivity contribution in [2.24, 2.45) is 0 Å². The SMILES string of the molecule is COc1ccc(C(/C=C/c2c(Cc3ccccc3)ccc(Nc3ccccc3)c2/C=C/C(OC(C)C)c2ccc(OC)cc2)OC(C)C)cc1. The van der Waals surface area contributed by atoms with Crippen LogP contribution in [0.5, 0.6) is 11.5 Å². The Kier molecular flexibility index (Phi) is 13.1. The maximum atomic E-state index is 6.48. The molecule has 0 aliphatic carbocycles. The van der Waals surface area contributed by atoms with Gasteiger partial charge in [0.25, 0.3) is 0 Å². The molecule has 5 nitrogen and oxygen atoms in total. The second-order valence-corrected chi connectivity index (χ2v) is 12.7. The van der Waals surface area contributed by atoms with Crippen molar-refractivity contribution in [3.63, 3.8) is 0 Å². The number of rotatable bonds is 16. The van der Waals surface area contributed by atoms with Gasteiger partial charge in [-0.1, -0.05) is 103 Å². The molecule has 258 valence electrons. The summed E-state index contributed by atoms with van der Waals surface area (Å²) >= 11 is 0. The van der Waals surface area contributed by atoms with Crippen molar-refractivity contribution >= 4 is 23.5 Å². The van der Waals surface area contributed by atoms with Crippen molar-refractivity contribution in [1.82, 2.24) is 0 Å². The van der Waals surface area contributed by atoms with Crippen molar-refractivity contribution in [3.05, 3.63) is 167 Å². The Morgan fingerprint density at radius 2 is 1.02 bits per heavy atom. The summed E-state index contributed by atoms with van der Waals surface area (Å²) in [6.45, 7) is 8.26. The van der Waals surface area contributed by atoms with Crippen LogP contribution in [0.15, 0.2) is 133 Å². The van der Waals surface area contributed by atoms with E-state index in [0.29, 0.717) is 0 Å². The maximum Gasteiger partial charge on any atom is 0.118 e. The third-order valence-corrected chi connectivity index (χ3v) is 8.27. The predicted octanol–water partition coefficient (Wildman–Crippen LogP) is 11.4. The van der Waals surface area contributed by atoms with Gasteiger partial charge in [-0.15, -0.1) is 0 Å². The van der Waals surface area contributed by atoms with Crippen LogP contribution in [0.25, 0.3) is 12.2 Å². The molecule has 5 aromatic rings. The molecule has 0 saturated carbocycles. The lowest BCUT2D eigenvalue weighted by molar-refractivity contribution is 0.0350. The van der Waals surface area contributed by atoms with E-state index in [4.69, 9.17) is 18.9 Å². The fourth-order valence-electron chi connectivity index (χ4n) is 5.82. The van der Waals surface area contributed by atoms with Crippen LogP contribution in [0.1, 0.15) is 73.3 Å². The van der Waals surface area contributed by atoms with Crippen LogP contribution in [-0.2, 0) is 15.9 Å². The summed E-state index contributed by atoms with van der Waals surface area (Å²) in [5, 5.41) is 3.70. The molecular formula is C45H49NO4. The molecule has 0 fully saturated rings. The van der Waals surface area contributed by atoms with Gasteiger partial charge in [-0.05, 0) is 104 Å². The summed E-state index contributed by atoms with van der Waals surface area (Å²) in [6.07, 6.45) is 9.04. The van der Waals surface area contributed by atoms with E-state index in [1.54, 1.807) is 14.2 Å². The number of nitrogens with one attached hydrogen (secondary N) is 1. The van der Waals surface area contributed by atoms with E-state index in [9.17, 15) is 0 Å². The first kappa shape index (κ1) is 36.2. The Bertz CT molecular complexity index is 1680. The fraction of sp³-hybridized carbons (Fsp3) is 0.244. The normalized spacial score (nSPS) is 12.9. The van der Waals surface area contributed by atoms with E-state index in [1.165, 1.54) is 11.1 Å². The van der Waals surface area contributed by atoms with Gasteiger partial charge in [0.2, 0.25) is 0 Å². The molecule has 0 aliphatic rings. The molecule has 0 bridgehead atoms. The highest BCUT2D eigenvalue weighted by molar-refractivity contribution is 5.81. The van der Waals surface area contributed by atoms with Gasteiger partial charge in [0.1, 0.15) is 23.7 Å². The van der Waals surface area contributed by atoms with Gasteiger partial charge in [-0.25, -0.2) is 0 Å². The van der Waals surface area contributed by atoms with Crippen molar-refractivity contribution in [2.45, 2.75) is 58.5 Å². The molecule has 0 heterocycles. The van der Waals surface area contributed by atoms with Gasteiger partial charge < -0.3 is 24.3 Å². The molecule has 0 aromatic heterocycles. The first-order valence-electron chi connectivity index (χ1n) is 17.3. The molecule has 0 radical (unpaired) electrons. The average molecular weight is 668 g/mol. The lowest BCUT2D eigenvalue weighted by Gasteiger charge is -2.21. The zero-order valence-electron chi connectivity index (χ0n) is 30.0. The molecule has 5 heteroatoms. The Balaban J connectivity index is 1.67. The number of methoxy groups -OCH3 is 2. The molecule has 0 spiro atoms. The van der Waals surface area contributed by atoms with Crippen molar-refractivity contribution in [1.29, 1.82) is 0 Å². The van der Waals surface area contributed by atoms with Gasteiger partial charge in [-0.3, -0.25) is 0 Å². The zero-order chi connectivity index (χ0) is 35.3. The Labute approximate surface area is 298 Å². The maximum absolute atomic E-state index is 6.48. The molecule has 5 rings (SSSR count). The molecular weight excluding hydrogens is 618 g/mol. The Morgan fingerprint density at radius 3 is 1.50 bits per heavy atom. The van der Waals surface area contributed by atoms with Crippen LogP contribution < -0.4 is 14.8 Å². The van der Waals surface area contributed by atoms with Crippen LogP contribution in [0.2, 0.25) is 0 Å². The van der Waals surface area contributed by atoms with Crippen molar-refractivity contribution < 1.29 is 18.9 Å². The average Bonchev–Trinajstić information content (AvgIpc) is 3.13. The molecule has 0 aliphatic heterocycles. The first-order chi connectivity index (χ1) is 24.3. The Hall–Kier alpha value is -5.10. The van der Waals surface area contributed by atoms with E-state index in [0.717, 1.165) is 51.5 Å². The summed E-state index contributed by atoms with van der Waals surface area (Å²) in [4.78, 5) is 0. The van der Waals surface area contributed by atoms with Gasteiger partial charge in [0.05, 0.1) is 26.4 Å². The first-order valence-corrected chi connectivity index (χ1v) is 17.3. The van der Waals surface area contributed by atoms with E-state index < -0.39 is 0 Å². The second-order valence-electron chi connectivity index (χ2n) is 12.7. The number of benzene rings is 5. The molecule has 2 unspecified atom stereocenters. The lowest BCUT2D eigenvalue weighted by atomic mass is 9.92. The molecule has 1 N–H and O–H groups in total. The minimum Gasteiger partial charge on any atom is -0.497 e. The third-order valence-electron chi connectivity index (χ3n) is 8.27. The van der Waals surface area contributed by atoms with Crippen LogP contribution in [0.3, 0.4) is 0 Å². The minimum absolute atomic E-state index is 0.0240. The van der Waals surface area contributed by atoms with Gasteiger partial charge in [-0.2, -0.15) is 0 Å². The summed E-state index contributed by atoms with van der Waals surface area (Å²) in [7, 11) is 3.36. The highest BCUT2D eigenvalue weighted by atomic mass is 16.5. The predicted molar refractivity (Wildman–Crippen MR) is 207 cm³/mol. The quantitative estimate of drug-likeness (QED) is 0.113. The largest absolute Gasteiger partial charge is 0.497 e. The fourth-order valence-corrected chi connectivity index (χ4v) is 5.82. The van der Waals surface area contributed by atoms with Gasteiger partial charge in [0, 0.05) is 16.9 Å². The summed E-state index contributed by atoms with van der Waals surface area (Å²) in [5.74, 6) is 1.62. The molecule has 2 atom stereocenters. The van der Waals surface area contributed by atoms with Crippen LogP contribution in [-0.4, -0.2) is 26.4 Å². The number of para-hydroxylation sites is 1. The number of anilines is 2. The number of ether oxygens (including phenoxy) is 4. The zero-order valence-corrected chi connectivity index (χ0v) is 30.0. The summed E-state index contributed by atoms with van der Waals surface area (Å²) in [5.41, 5.74) is 8.72. The number of hydrogen-bond donors (Lipinski definition) is 1. The van der Waals surface area contributed by atoms with E-state index in [-0.39, 0.29) is 24.4 Å². The molecule has 0 amide bonds. The van der Waals surface area contributed by atoms with E-state index in [2.05, 4.69) is 136 Å². The van der Waals surface area contributed by atoms with Gasteiger partial charge in [0.15, 0.2) is 0 Å². The third kappa shape index (κ3) is 10.2. The Morgan fingerprint density at radius 1 is 0.540 bits per heavy atom. The van der Waals surface area contributed by atoms with Crippen LogP contribution >= 0.6 is 0 Å². The van der Waals surface area contributed by atoms with E-state index in [1.807, 2.05) is 42.5 Å². The number of hydrogen-bond acceptors (Lipinski definition) is 5. The van der Waals surface area contributed by atoms with Gasteiger partial charge >= 0.3 is 0 Å². The molecule has 50 heavy (non-hydrogen) atoms. The smallest absolute Gasteiger partial charge is 0.118 e.